The summed E-state index contributed by atoms with van der Waals surface area (Å²) in [6.45, 7) is 6.66. The molecule has 10 heteroatoms. The molecule has 1 aliphatic heterocycles. The van der Waals surface area contributed by atoms with Crippen molar-refractivity contribution in [2.45, 2.75) is 33.2 Å². The molecule has 2 aromatic heterocycles. The number of amides is 1. The van der Waals surface area contributed by atoms with Crippen molar-refractivity contribution < 1.29 is 14.3 Å². The number of anilines is 1. The summed E-state index contributed by atoms with van der Waals surface area (Å²) in [7, 11) is 1.58. The van der Waals surface area contributed by atoms with Gasteiger partial charge in [0.05, 0.1) is 13.7 Å². The number of nitrogens with zero attached hydrogens (tertiary/aromatic N) is 4. The van der Waals surface area contributed by atoms with E-state index in [9.17, 15) is 9.59 Å². The minimum atomic E-state index is -0.494. The molecule has 1 fully saturated rings. The number of fused-ring (bicyclic) bond motifs is 1. The number of carbonyl (C=O) groups is 1. The Hall–Kier alpha value is -3.14. The maximum Gasteiger partial charge on any atom is 0.288 e. The van der Waals surface area contributed by atoms with Crippen molar-refractivity contribution in [3.8, 4) is 11.5 Å². The van der Waals surface area contributed by atoms with Crippen LogP contribution in [0.1, 0.15) is 42.6 Å². The van der Waals surface area contributed by atoms with Gasteiger partial charge in [0.25, 0.3) is 11.5 Å². The third-order valence-electron chi connectivity index (χ3n) is 5.43. The van der Waals surface area contributed by atoms with Crippen molar-refractivity contribution in [2.75, 3.05) is 31.7 Å². The molecule has 1 aliphatic rings. The topological polar surface area (TPSA) is 98.1 Å². The predicted molar refractivity (Wildman–Crippen MR) is 123 cm³/mol. The van der Waals surface area contributed by atoms with E-state index in [-0.39, 0.29) is 12.1 Å². The summed E-state index contributed by atoms with van der Waals surface area (Å²) < 4.78 is 12.1. The second-order valence-corrected chi connectivity index (χ2v) is 8.78. The Morgan fingerprint density at radius 2 is 2.19 bits per heavy atom. The number of methoxy groups -OCH3 is 1. The maximum absolute atomic E-state index is 12.9. The number of piperidine rings is 1. The summed E-state index contributed by atoms with van der Waals surface area (Å²) in [6, 6.07) is 5.43. The molecular weight excluding hydrogens is 430 g/mol. The Morgan fingerprint density at radius 3 is 2.94 bits per heavy atom. The third-order valence-corrected chi connectivity index (χ3v) is 6.41. The molecule has 0 unspecified atom stereocenters. The number of rotatable bonds is 7. The second-order valence-electron chi connectivity index (χ2n) is 7.85. The van der Waals surface area contributed by atoms with Gasteiger partial charge in [-0.05, 0) is 43.4 Å². The standard InChI is InChI=1S/C22H27N5O4S/c1-4-31-18-10-15(7-8-17(18)30-3)11-23-19(28)16-12-24-21-27(20(16)29)25-22(32-21)26-9-5-6-14(2)13-26/h7-8,10,12,14H,4-6,9,11,13H2,1-3H3,(H,23,28)/t14-/m1/s1. The number of aromatic nitrogens is 3. The molecule has 1 saturated heterocycles. The fourth-order valence-corrected chi connectivity index (χ4v) is 4.70. The first-order chi connectivity index (χ1) is 15.5. The smallest absolute Gasteiger partial charge is 0.288 e. The lowest BCUT2D eigenvalue weighted by Crippen LogP contribution is -2.34. The third kappa shape index (κ3) is 4.55. The van der Waals surface area contributed by atoms with E-state index in [1.165, 1.54) is 28.5 Å². The lowest BCUT2D eigenvalue weighted by molar-refractivity contribution is 0.0948. The van der Waals surface area contributed by atoms with Crippen molar-refractivity contribution >= 4 is 27.3 Å². The molecule has 170 valence electrons. The fraction of sp³-hybridized carbons (Fsp3) is 0.455. The van der Waals surface area contributed by atoms with Crippen LogP contribution < -0.4 is 25.2 Å². The molecule has 0 bridgehead atoms. The average Bonchev–Trinajstić information content (AvgIpc) is 3.24. The van der Waals surface area contributed by atoms with E-state index in [0.29, 0.717) is 29.0 Å². The summed E-state index contributed by atoms with van der Waals surface area (Å²) in [5, 5.41) is 8.00. The number of hydrogen-bond donors (Lipinski definition) is 1. The average molecular weight is 458 g/mol. The Kier molecular flexibility index (Phi) is 6.59. The molecule has 3 aromatic rings. The zero-order chi connectivity index (χ0) is 22.7. The van der Waals surface area contributed by atoms with Crippen molar-refractivity contribution in [2.24, 2.45) is 5.92 Å². The summed E-state index contributed by atoms with van der Waals surface area (Å²) in [6.07, 6.45) is 3.63. The molecule has 3 heterocycles. The van der Waals surface area contributed by atoms with E-state index < -0.39 is 11.5 Å². The van der Waals surface area contributed by atoms with Crippen LogP contribution in [0.2, 0.25) is 0 Å². The van der Waals surface area contributed by atoms with Crippen LogP contribution in [0.25, 0.3) is 4.96 Å². The molecule has 1 aromatic carbocycles. The Bertz CT molecular complexity index is 1170. The zero-order valence-corrected chi connectivity index (χ0v) is 19.3. The van der Waals surface area contributed by atoms with Gasteiger partial charge in [0.1, 0.15) is 5.56 Å². The van der Waals surface area contributed by atoms with Crippen molar-refractivity contribution in [1.82, 2.24) is 19.9 Å². The number of ether oxygens (including phenoxy) is 2. The van der Waals surface area contributed by atoms with Gasteiger partial charge in [0.2, 0.25) is 10.1 Å². The van der Waals surface area contributed by atoms with Gasteiger partial charge in [0.15, 0.2) is 11.5 Å². The molecule has 0 radical (unpaired) electrons. The van der Waals surface area contributed by atoms with Crippen LogP contribution in [0.4, 0.5) is 5.13 Å². The first-order valence-corrected chi connectivity index (χ1v) is 11.5. The largest absolute Gasteiger partial charge is 0.493 e. The van der Waals surface area contributed by atoms with Crippen molar-refractivity contribution in [3.05, 3.63) is 45.9 Å². The quantitative estimate of drug-likeness (QED) is 0.582. The lowest BCUT2D eigenvalue weighted by Gasteiger charge is -2.30. The van der Waals surface area contributed by atoms with E-state index in [1.807, 2.05) is 19.1 Å². The first-order valence-electron chi connectivity index (χ1n) is 10.7. The Balaban J connectivity index is 1.51. The molecule has 9 nitrogen and oxygen atoms in total. The monoisotopic (exact) mass is 457 g/mol. The summed E-state index contributed by atoms with van der Waals surface area (Å²) in [5.74, 6) is 1.32. The highest BCUT2D eigenvalue weighted by atomic mass is 32.1. The molecule has 4 rings (SSSR count). The van der Waals surface area contributed by atoms with E-state index in [1.54, 1.807) is 13.2 Å². The number of hydrogen-bond acceptors (Lipinski definition) is 8. The lowest BCUT2D eigenvalue weighted by atomic mass is 10.0. The molecular formula is C22H27N5O4S. The van der Waals surface area contributed by atoms with Gasteiger partial charge >= 0.3 is 0 Å². The molecule has 1 N–H and O–H groups in total. The molecule has 1 atom stereocenters. The molecule has 1 amide bonds. The van der Waals surface area contributed by atoms with Gasteiger partial charge < -0.3 is 19.7 Å². The van der Waals surface area contributed by atoms with Crippen LogP contribution in [-0.2, 0) is 6.54 Å². The molecule has 0 spiro atoms. The SMILES string of the molecule is CCOc1cc(CNC(=O)c2cnc3sc(N4CCC[C@@H](C)C4)nn3c2=O)ccc1OC. The van der Waals surface area contributed by atoms with Gasteiger partial charge in [-0.3, -0.25) is 9.59 Å². The Morgan fingerprint density at radius 1 is 1.34 bits per heavy atom. The van der Waals surface area contributed by atoms with Crippen LogP contribution in [0.3, 0.4) is 0 Å². The van der Waals surface area contributed by atoms with Crippen LogP contribution >= 0.6 is 11.3 Å². The summed E-state index contributed by atoms with van der Waals surface area (Å²) in [4.78, 5) is 32.6. The highest BCUT2D eigenvalue weighted by Crippen LogP contribution is 2.28. The number of benzene rings is 1. The highest BCUT2D eigenvalue weighted by molar-refractivity contribution is 7.20. The second kappa shape index (κ2) is 9.56. The number of nitrogens with one attached hydrogen (secondary N) is 1. The van der Waals surface area contributed by atoms with Gasteiger partial charge in [-0.25, -0.2) is 4.98 Å². The van der Waals surface area contributed by atoms with Gasteiger partial charge in [-0.1, -0.05) is 24.3 Å². The summed E-state index contributed by atoms with van der Waals surface area (Å²) >= 11 is 1.37. The molecule has 0 saturated carbocycles. The predicted octanol–water partition coefficient (Wildman–Crippen LogP) is 2.72. The normalized spacial score (nSPS) is 16.2. The van der Waals surface area contributed by atoms with E-state index in [4.69, 9.17) is 9.47 Å². The van der Waals surface area contributed by atoms with Crippen molar-refractivity contribution in [3.63, 3.8) is 0 Å². The van der Waals surface area contributed by atoms with Crippen LogP contribution in [-0.4, -0.2) is 47.3 Å². The van der Waals surface area contributed by atoms with E-state index in [2.05, 4.69) is 27.2 Å². The minimum Gasteiger partial charge on any atom is -0.493 e. The van der Waals surface area contributed by atoms with Crippen LogP contribution in [0, 0.1) is 5.92 Å². The van der Waals surface area contributed by atoms with Gasteiger partial charge in [0, 0.05) is 25.8 Å². The van der Waals surface area contributed by atoms with Crippen LogP contribution in [0.5, 0.6) is 11.5 Å². The summed E-state index contributed by atoms with van der Waals surface area (Å²) in [5.41, 5.74) is 0.321. The van der Waals surface area contributed by atoms with E-state index in [0.717, 1.165) is 30.2 Å². The maximum atomic E-state index is 12.9. The van der Waals surface area contributed by atoms with Crippen molar-refractivity contribution in [1.29, 1.82) is 0 Å². The van der Waals surface area contributed by atoms with Crippen LogP contribution in [0.15, 0.2) is 29.2 Å². The van der Waals surface area contributed by atoms with Gasteiger partial charge in [-0.2, -0.15) is 4.52 Å². The first kappa shape index (κ1) is 22.1. The molecule has 0 aliphatic carbocycles. The highest BCUT2D eigenvalue weighted by Gasteiger charge is 2.22. The molecule has 32 heavy (non-hydrogen) atoms. The Labute approximate surface area is 190 Å². The minimum absolute atomic E-state index is 0.0371. The zero-order valence-electron chi connectivity index (χ0n) is 18.5. The number of carbonyl (C=O) groups excluding carboxylic acids is 1. The van der Waals surface area contributed by atoms with Gasteiger partial charge in [-0.15, -0.1) is 5.10 Å². The van der Waals surface area contributed by atoms with E-state index >= 15 is 0 Å². The fourth-order valence-electron chi connectivity index (χ4n) is 3.80.